The Balaban J connectivity index is 1.00. The van der Waals surface area contributed by atoms with Crippen molar-refractivity contribution in [1.29, 1.82) is 0 Å². The Morgan fingerprint density at radius 2 is 0.581 bits per heavy atom. The molecule has 12 rings (SSSR count). The molecule has 2 aliphatic rings. The lowest BCUT2D eigenvalue weighted by molar-refractivity contribution is 0.304. The molecule has 2 aliphatic carbocycles. The first-order valence-electron chi connectivity index (χ1n) is 33.5. The smallest absolute Gasteiger partial charge is 0.119 e. The molecule has 4 aromatic carbocycles. The Labute approximate surface area is 538 Å². The first-order chi connectivity index (χ1) is 42.5. The van der Waals surface area contributed by atoms with E-state index >= 15 is 0 Å². The lowest BCUT2D eigenvalue weighted by Gasteiger charge is -2.34. The molecule has 10 aromatic rings. The van der Waals surface area contributed by atoms with E-state index < -0.39 is 10.8 Å². The van der Waals surface area contributed by atoms with Crippen LogP contribution in [0.1, 0.15) is 238 Å². The Morgan fingerprint density at radius 3 is 0.930 bits per heavy atom. The summed E-state index contributed by atoms with van der Waals surface area (Å²) in [5.41, 5.74) is 11.4. The number of unbranched alkanes of at least 4 members (excludes halogenated alkanes) is 21. The third-order valence-corrected chi connectivity index (χ3v) is 25.9. The zero-order chi connectivity index (χ0) is 58.7. The van der Waals surface area contributed by atoms with Crippen LogP contribution >= 0.6 is 68.0 Å². The highest BCUT2D eigenvalue weighted by Gasteiger charge is 2.56. The molecule has 0 N–H and O–H groups in total. The van der Waals surface area contributed by atoms with Crippen molar-refractivity contribution in [3.05, 3.63) is 170 Å². The minimum atomic E-state index is -0.589. The van der Waals surface area contributed by atoms with Crippen molar-refractivity contribution in [1.82, 2.24) is 0 Å². The molecule has 452 valence electrons. The van der Waals surface area contributed by atoms with Gasteiger partial charge in [-0.1, -0.05) is 223 Å². The molecule has 0 saturated carbocycles. The quantitative estimate of drug-likeness (QED) is 0.0366. The Bertz CT molecular complexity index is 3360. The van der Waals surface area contributed by atoms with E-state index in [1.54, 1.807) is 0 Å². The van der Waals surface area contributed by atoms with Crippen LogP contribution in [0.2, 0.25) is 0 Å². The summed E-state index contributed by atoms with van der Waals surface area (Å²) >= 11 is 12.0. The highest BCUT2D eigenvalue weighted by Crippen LogP contribution is 2.72. The van der Waals surface area contributed by atoms with Crippen LogP contribution in [0.5, 0.6) is 17.2 Å². The van der Waals surface area contributed by atoms with E-state index in [1.165, 1.54) is 239 Å². The van der Waals surface area contributed by atoms with E-state index in [0.29, 0.717) is 0 Å². The maximum Gasteiger partial charge on any atom is 0.119 e. The second kappa shape index (κ2) is 29.3. The van der Waals surface area contributed by atoms with Gasteiger partial charge in [0, 0.05) is 31.7 Å². The number of fused-ring (bicyclic) bond motifs is 13. The van der Waals surface area contributed by atoms with Gasteiger partial charge in [-0.05, 0) is 119 Å². The molecule has 6 aromatic heterocycles. The van der Waals surface area contributed by atoms with Gasteiger partial charge < -0.3 is 14.2 Å². The molecule has 1 unspecified atom stereocenters. The second-order valence-corrected chi connectivity index (χ2v) is 30.6. The summed E-state index contributed by atoms with van der Waals surface area (Å²) < 4.78 is 28.2. The average Bonchev–Trinajstić information content (AvgIpc) is 1.49. The summed E-state index contributed by atoms with van der Waals surface area (Å²) in [5.74, 6) is 2.87. The zero-order valence-electron chi connectivity index (χ0n) is 51.7. The summed E-state index contributed by atoms with van der Waals surface area (Å²) in [4.78, 5) is 5.74. The van der Waals surface area contributed by atoms with Gasteiger partial charge in [0.25, 0.3) is 0 Å². The van der Waals surface area contributed by atoms with Crippen LogP contribution in [0.25, 0.3) is 47.7 Å². The van der Waals surface area contributed by atoms with Crippen LogP contribution in [0.4, 0.5) is 0 Å². The fourth-order valence-corrected chi connectivity index (χ4v) is 22.5. The molecule has 0 fully saturated rings. The lowest BCUT2D eigenvalue weighted by Crippen LogP contribution is -2.29. The summed E-state index contributed by atoms with van der Waals surface area (Å²) in [6.45, 7) is 11.4. The van der Waals surface area contributed by atoms with Gasteiger partial charge in [0.15, 0.2) is 0 Å². The van der Waals surface area contributed by atoms with Gasteiger partial charge in [0.2, 0.25) is 0 Å². The van der Waals surface area contributed by atoms with Crippen LogP contribution < -0.4 is 14.2 Å². The standard InChI is InChI=1S/C77H90O3S6/c1-5-9-13-17-21-22-26-30-54-31-33-55(34-32-54)76(56-35-41-59(42-36-56)78-49-27-23-18-14-10-6-2)64-68-62(47-52-81-68)83-70(64)72-66(76)74-75(85-72)67-73(86-74)71-65(69-63(84-71)48-53-82-69)77(67,57-37-43-60(44-38-57)79-50-28-24-19-15-11-7-3)58-39-45-61(46-40-58)80-51-29-25-20-16-12-8-4/h31-48,52-53H,5-30,49-51H2,1-4H3. The minimum absolute atomic E-state index is 0.550. The Hall–Kier alpha value is -4.74. The van der Waals surface area contributed by atoms with E-state index in [0.717, 1.165) is 62.8 Å². The van der Waals surface area contributed by atoms with Crippen molar-refractivity contribution in [3.63, 3.8) is 0 Å². The number of hydrogen-bond acceptors (Lipinski definition) is 9. The number of benzene rings is 4. The second-order valence-electron chi connectivity index (χ2n) is 24.6. The molecule has 0 aliphatic heterocycles. The van der Waals surface area contributed by atoms with Gasteiger partial charge in [-0.2, -0.15) is 0 Å². The number of rotatable bonds is 36. The number of hydrogen-bond donors (Lipinski definition) is 0. The van der Waals surface area contributed by atoms with Crippen molar-refractivity contribution >= 4 is 96.2 Å². The summed E-state index contributed by atoms with van der Waals surface area (Å²) in [6.07, 6.45) is 32.9. The largest absolute Gasteiger partial charge is 0.494 e. The zero-order valence-corrected chi connectivity index (χ0v) is 56.6. The molecule has 0 radical (unpaired) electrons. The maximum absolute atomic E-state index is 6.59. The van der Waals surface area contributed by atoms with Gasteiger partial charge in [-0.3, -0.25) is 0 Å². The summed E-state index contributed by atoms with van der Waals surface area (Å²) in [7, 11) is 0. The fourth-order valence-electron chi connectivity index (χ4n) is 14.2. The van der Waals surface area contributed by atoms with Crippen molar-refractivity contribution in [3.8, 4) is 36.8 Å². The molecular weight excluding hydrogens is 1170 g/mol. The topological polar surface area (TPSA) is 27.7 Å². The Kier molecular flexibility index (Phi) is 20.9. The third kappa shape index (κ3) is 12.2. The molecule has 9 heteroatoms. The first kappa shape index (κ1) is 61.5. The molecule has 0 saturated heterocycles. The molecule has 6 heterocycles. The molecule has 0 amide bonds. The van der Waals surface area contributed by atoms with Crippen LogP contribution in [-0.4, -0.2) is 19.8 Å². The molecule has 86 heavy (non-hydrogen) atoms. The minimum Gasteiger partial charge on any atom is -0.494 e. The average molecular weight is 1260 g/mol. The third-order valence-electron chi connectivity index (χ3n) is 18.6. The number of ether oxygens (including phenoxy) is 3. The molecule has 0 bridgehead atoms. The SMILES string of the molecule is CCCCCCCCCc1ccc(C2(c3ccc(OCCCCCCCC)cc3)c3c(sc4ccsc34)-c3sc4c5c(sc4c32)-c2sc3ccsc3c2C5(c2ccc(OCCCCCCCC)cc2)c2ccc(OCCCCCCCC)cc2)cc1. The monoisotopic (exact) mass is 1250 g/mol. The molecule has 3 nitrogen and oxygen atoms in total. The molecule has 0 spiro atoms. The number of aryl methyl sites for hydroxylation is 1. The van der Waals surface area contributed by atoms with E-state index in [-0.39, 0.29) is 0 Å². The van der Waals surface area contributed by atoms with E-state index in [1.807, 2.05) is 45.3 Å². The summed E-state index contributed by atoms with van der Waals surface area (Å²) in [5, 5.41) is 4.64. The van der Waals surface area contributed by atoms with Crippen molar-refractivity contribution in [2.45, 2.75) is 205 Å². The van der Waals surface area contributed by atoms with Crippen LogP contribution in [0, 0.1) is 0 Å². The lowest BCUT2D eigenvalue weighted by atomic mass is 9.67. The first-order valence-corrected chi connectivity index (χ1v) is 38.5. The van der Waals surface area contributed by atoms with E-state index in [4.69, 9.17) is 14.2 Å². The van der Waals surface area contributed by atoms with Crippen LogP contribution in [0.15, 0.2) is 120 Å². The van der Waals surface area contributed by atoms with E-state index in [2.05, 4.69) is 170 Å². The van der Waals surface area contributed by atoms with Crippen molar-refractivity contribution < 1.29 is 14.2 Å². The van der Waals surface area contributed by atoms with Gasteiger partial charge in [-0.15, -0.1) is 68.0 Å². The Morgan fingerprint density at radius 1 is 0.291 bits per heavy atom. The predicted molar refractivity (Wildman–Crippen MR) is 379 cm³/mol. The molecular formula is C77H90O3S6. The van der Waals surface area contributed by atoms with Gasteiger partial charge in [-0.25, -0.2) is 0 Å². The normalized spacial score (nSPS) is 14.8. The number of thiophene rings is 6. The summed E-state index contributed by atoms with van der Waals surface area (Å²) in [6, 6.07) is 43.0. The predicted octanol–water partition coefficient (Wildman–Crippen LogP) is 25.8. The van der Waals surface area contributed by atoms with Gasteiger partial charge >= 0.3 is 0 Å². The van der Waals surface area contributed by atoms with Crippen molar-refractivity contribution in [2.24, 2.45) is 0 Å². The van der Waals surface area contributed by atoms with Crippen LogP contribution in [0.3, 0.4) is 0 Å². The van der Waals surface area contributed by atoms with Gasteiger partial charge in [0.05, 0.1) is 69.0 Å². The van der Waals surface area contributed by atoms with Crippen molar-refractivity contribution in [2.75, 3.05) is 19.8 Å². The fraction of sp³-hybridized carbons (Fsp3) is 0.455. The van der Waals surface area contributed by atoms with E-state index in [9.17, 15) is 0 Å². The van der Waals surface area contributed by atoms with Crippen LogP contribution in [-0.2, 0) is 17.3 Å². The highest BCUT2D eigenvalue weighted by atomic mass is 32.1. The van der Waals surface area contributed by atoms with Gasteiger partial charge in [0.1, 0.15) is 17.2 Å². The molecule has 1 atom stereocenters. The maximum atomic E-state index is 6.59. The highest BCUT2D eigenvalue weighted by molar-refractivity contribution is 7.37.